The largest absolute Gasteiger partial charge is 0.445 e. The van der Waals surface area contributed by atoms with E-state index in [0.29, 0.717) is 12.3 Å². The summed E-state index contributed by atoms with van der Waals surface area (Å²) in [6, 6.07) is 0. The van der Waals surface area contributed by atoms with Crippen molar-refractivity contribution in [2.75, 3.05) is 19.6 Å². The van der Waals surface area contributed by atoms with Gasteiger partial charge >= 0.3 is 0 Å². The van der Waals surface area contributed by atoms with Crippen LogP contribution in [-0.2, 0) is 6.42 Å². The maximum atomic E-state index is 9.31. The van der Waals surface area contributed by atoms with Gasteiger partial charge in [-0.05, 0) is 32.9 Å². The lowest BCUT2D eigenvalue weighted by molar-refractivity contribution is 0.180. The Labute approximate surface area is 103 Å². The number of aromatic nitrogens is 1. The molecular formula is C13H22N2O2. The first-order chi connectivity index (χ1) is 8.19. The number of piperidine rings is 1. The molecule has 1 saturated heterocycles. The molecule has 17 heavy (non-hydrogen) atoms. The van der Waals surface area contributed by atoms with Crippen LogP contribution in [0.3, 0.4) is 0 Å². The summed E-state index contributed by atoms with van der Waals surface area (Å²) in [6.45, 7) is 7.29. The lowest BCUT2D eigenvalue weighted by Crippen LogP contribution is -2.34. The molecule has 1 aromatic heterocycles. The van der Waals surface area contributed by atoms with Gasteiger partial charge in [-0.3, -0.25) is 0 Å². The summed E-state index contributed by atoms with van der Waals surface area (Å²) < 4.78 is 5.73. The van der Waals surface area contributed by atoms with Crippen LogP contribution in [0.5, 0.6) is 0 Å². The summed E-state index contributed by atoms with van der Waals surface area (Å²) in [5.74, 6) is 2.06. The number of oxazole rings is 1. The minimum absolute atomic E-state index is 0.366. The minimum Gasteiger partial charge on any atom is -0.445 e. The number of aliphatic hydroxyl groups excluding tert-OH is 1. The Morgan fingerprint density at radius 2 is 2.47 bits per heavy atom. The fraction of sp³-hybridized carbons (Fsp3) is 0.769. The second kappa shape index (κ2) is 5.65. The first kappa shape index (κ1) is 12.6. The van der Waals surface area contributed by atoms with E-state index >= 15 is 0 Å². The highest BCUT2D eigenvalue weighted by atomic mass is 16.4. The molecule has 2 rings (SSSR count). The lowest BCUT2D eigenvalue weighted by Gasteiger charge is -2.29. The molecule has 1 aliphatic rings. The first-order valence-corrected chi connectivity index (χ1v) is 6.54. The Kier molecular flexibility index (Phi) is 4.18. The van der Waals surface area contributed by atoms with Crippen molar-refractivity contribution >= 4 is 0 Å². The number of hydrogen-bond donors (Lipinski definition) is 1. The molecule has 1 N–H and O–H groups in total. The van der Waals surface area contributed by atoms with Crippen molar-refractivity contribution in [3.8, 4) is 0 Å². The van der Waals surface area contributed by atoms with Gasteiger partial charge in [0, 0.05) is 18.9 Å². The van der Waals surface area contributed by atoms with Gasteiger partial charge in [0.25, 0.3) is 0 Å². The van der Waals surface area contributed by atoms with Crippen LogP contribution in [0.2, 0.25) is 0 Å². The number of likely N-dealkylation sites (tertiary alicyclic amines) is 1. The van der Waals surface area contributed by atoms with E-state index < -0.39 is 0 Å². The second-order valence-electron chi connectivity index (χ2n) is 4.95. The molecule has 2 unspecified atom stereocenters. The molecule has 96 valence electrons. The number of hydrogen-bond acceptors (Lipinski definition) is 4. The normalized spacial score (nSPS) is 23.8. The van der Waals surface area contributed by atoms with Crippen LogP contribution in [-0.4, -0.2) is 40.7 Å². The molecule has 0 amide bonds. The molecule has 0 bridgehead atoms. The number of likely N-dealkylation sites (N-methyl/N-ethyl adjacent to an activating group) is 1. The molecule has 0 aromatic carbocycles. The highest BCUT2D eigenvalue weighted by Gasteiger charge is 2.24. The molecule has 0 radical (unpaired) electrons. The molecule has 0 aliphatic carbocycles. The molecule has 2 atom stereocenters. The van der Waals surface area contributed by atoms with Crippen molar-refractivity contribution in [2.45, 2.75) is 45.1 Å². The molecular weight excluding hydrogens is 216 g/mol. The Hall–Kier alpha value is -0.870. The van der Waals surface area contributed by atoms with Gasteiger partial charge in [0.2, 0.25) is 0 Å². The van der Waals surface area contributed by atoms with Crippen LogP contribution in [0.1, 0.15) is 44.3 Å². The van der Waals surface area contributed by atoms with E-state index in [1.54, 1.807) is 13.1 Å². The SMILES string of the molecule is CCN1CCCC(c2ncc(CC(C)O)o2)C1. The number of rotatable bonds is 4. The van der Waals surface area contributed by atoms with Crippen LogP contribution >= 0.6 is 0 Å². The van der Waals surface area contributed by atoms with Gasteiger partial charge in [-0.1, -0.05) is 6.92 Å². The Balaban J connectivity index is 1.99. The van der Waals surface area contributed by atoms with E-state index in [9.17, 15) is 5.11 Å². The van der Waals surface area contributed by atoms with Crippen molar-refractivity contribution in [1.29, 1.82) is 0 Å². The Bertz CT molecular complexity index is 349. The van der Waals surface area contributed by atoms with Crippen molar-refractivity contribution in [2.24, 2.45) is 0 Å². The van der Waals surface area contributed by atoms with Gasteiger partial charge in [0.05, 0.1) is 12.3 Å². The highest BCUT2D eigenvalue weighted by Crippen LogP contribution is 2.26. The van der Waals surface area contributed by atoms with E-state index in [1.807, 2.05) is 0 Å². The van der Waals surface area contributed by atoms with Gasteiger partial charge < -0.3 is 14.4 Å². The van der Waals surface area contributed by atoms with Gasteiger partial charge in [0.1, 0.15) is 5.76 Å². The number of nitrogens with zero attached hydrogens (tertiary/aromatic N) is 2. The average molecular weight is 238 g/mol. The molecule has 0 saturated carbocycles. The van der Waals surface area contributed by atoms with Crippen LogP contribution in [0, 0.1) is 0 Å². The van der Waals surface area contributed by atoms with E-state index in [0.717, 1.165) is 31.2 Å². The predicted octanol–water partition coefficient (Wildman–Crippen LogP) is 1.80. The van der Waals surface area contributed by atoms with Gasteiger partial charge in [-0.2, -0.15) is 0 Å². The van der Waals surface area contributed by atoms with E-state index in [-0.39, 0.29) is 6.10 Å². The smallest absolute Gasteiger partial charge is 0.198 e. The lowest BCUT2D eigenvalue weighted by atomic mass is 9.98. The monoisotopic (exact) mass is 238 g/mol. The molecule has 1 aliphatic heterocycles. The first-order valence-electron chi connectivity index (χ1n) is 6.54. The summed E-state index contributed by atoms with van der Waals surface area (Å²) >= 11 is 0. The third kappa shape index (κ3) is 3.30. The average Bonchev–Trinajstić information content (AvgIpc) is 2.77. The minimum atomic E-state index is -0.366. The summed E-state index contributed by atoms with van der Waals surface area (Å²) in [6.07, 6.45) is 4.32. The zero-order valence-electron chi connectivity index (χ0n) is 10.7. The predicted molar refractivity (Wildman–Crippen MR) is 66.0 cm³/mol. The van der Waals surface area contributed by atoms with Gasteiger partial charge in [0.15, 0.2) is 5.89 Å². The van der Waals surface area contributed by atoms with Crippen molar-refractivity contribution in [1.82, 2.24) is 9.88 Å². The molecule has 1 fully saturated rings. The summed E-state index contributed by atoms with van der Waals surface area (Å²) in [7, 11) is 0. The van der Waals surface area contributed by atoms with Crippen LogP contribution in [0.4, 0.5) is 0 Å². The third-order valence-electron chi connectivity index (χ3n) is 3.37. The van der Waals surface area contributed by atoms with Crippen LogP contribution in [0.25, 0.3) is 0 Å². The molecule has 4 nitrogen and oxygen atoms in total. The fourth-order valence-corrected chi connectivity index (χ4v) is 2.44. The van der Waals surface area contributed by atoms with Crippen molar-refractivity contribution < 1.29 is 9.52 Å². The maximum absolute atomic E-state index is 9.31. The molecule has 0 spiro atoms. The molecule has 4 heteroatoms. The van der Waals surface area contributed by atoms with E-state index in [2.05, 4.69) is 16.8 Å². The van der Waals surface area contributed by atoms with Crippen molar-refractivity contribution in [3.05, 3.63) is 17.8 Å². The second-order valence-corrected chi connectivity index (χ2v) is 4.95. The summed E-state index contributed by atoms with van der Waals surface area (Å²) in [5, 5.41) is 9.31. The van der Waals surface area contributed by atoms with E-state index in [4.69, 9.17) is 4.42 Å². The maximum Gasteiger partial charge on any atom is 0.198 e. The van der Waals surface area contributed by atoms with E-state index in [1.165, 1.54) is 13.0 Å². The quantitative estimate of drug-likeness (QED) is 0.869. The van der Waals surface area contributed by atoms with Crippen molar-refractivity contribution in [3.63, 3.8) is 0 Å². The summed E-state index contributed by atoms with van der Waals surface area (Å²) in [5.41, 5.74) is 0. The zero-order valence-corrected chi connectivity index (χ0v) is 10.7. The Morgan fingerprint density at radius 3 is 3.18 bits per heavy atom. The number of aliphatic hydroxyl groups is 1. The molecule has 2 heterocycles. The third-order valence-corrected chi connectivity index (χ3v) is 3.37. The Morgan fingerprint density at radius 1 is 1.65 bits per heavy atom. The standard InChI is InChI=1S/C13H22N2O2/c1-3-15-6-4-5-11(9-15)13-14-8-12(17-13)7-10(2)16/h8,10-11,16H,3-7,9H2,1-2H3. The zero-order chi connectivity index (χ0) is 12.3. The van der Waals surface area contributed by atoms with Crippen LogP contribution in [0.15, 0.2) is 10.6 Å². The van der Waals surface area contributed by atoms with Gasteiger partial charge in [-0.25, -0.2) is 4.98 Å². The van der Waals surface area contributed by atoms with Crippen LogP contribution < -0.4 is 0 Å². The molecule has 1 aromatic rings. The highest BCUT2D eigenvalue weighted by molar-refractivity contribution is 5.02. The fourth-order valence-electron chi connectivity index (χ4n) is 2.44. The topological polar surface area (TPSA) is 49.5 Å². The van der Waals surface area contributed by atoms with Gasteiger partial charge in [-0.15, -0.1) is 0 Å². The summed E-state index contributed by atoms with van der Waals surface area (Å²) in [4.78, 5) is 6.79.